The first-order valence-electron chi connectivity index (χ1n) is 10.7. The molecule has 0 saturated carbocycles. The maximum atomic E-state index is 12.0. The summed E-state index contributed by atoms with van der Waals surface area (Å²) in [6, 6.07) is 12.8. The van der Waals surface area contributed by atoms with E-state index in [4.69, 9.17) is 21.1 Å². The molecule has 0 radical (unpaired) electrons. The summed E-state index contributed by atoms with van der Waals surface area (Å²) >= 11 is 5.84. The number of carbonyl (C=O) groups is 4. The minimum absolute atomic E-state index is 0.115. The Morgan fingerprint density at radius 3 is 2.27 bits per heavy atom. The van der Waals surface area contributed by atoms with Crippen LogP contribution in [-0.4, -0.2) is 37.0 Å². The van der Waals surface area contributed by atoms with Crippen LogP contribution in [0.5, 0.6) is 0 Å². The predicted octanol–water partition coefficient (Wildman–Crippen LogP) is 4.59. The van der Waals surface area contributed by atoms with Crippen LogP contribution in [-0.2, 0) is 23.9 Å². The van der Waals surface area contributed by atoms with E-state index in [9.17, 15) is 19.2 Å². The molecule has 0 aromatic heterocycles. The first kappa shape index (κ1) is 25.9. The van der Waals surface area contributed by atoms with E-state index in [-0.39, 0.29) is 12.8 Å². The second kappa shape index (κ2) is 13.9. The highest BCUT2D eigenvalue weighted by atomic mass is 35.5. The van der Waals surface area contributed by atoms with E-state index in [1.165, 1.54) is 0 Å². The predicted molar refractivity (Wildman–Crippen MR) is 125 cm³/mol. The first-order valence-corrected chi connectivity index (χ1v) is 11.0. The lowest BCUT2D eigenvalue weighted by atomic mass is 10.2. The number of amides is 2. The van der Waals surface area contributed by atoms with Gasteiger partial charge in [0.05, 0.1) is 18.6 Å². The van der Waals surface area contributed by atoms with Gasteiger partial charge >= 0.3 is 11.9 Å². The minimum Gasteiger partial charge on any atom is -0.462 e. The van der Waals surface area contributed by atoms with E-state index in [1.54, 1.807) is 48.5 Å². The van der Waals surface area contributed by atoms with E-state index < -0.39 is 30.4 Å². The summed E-state index contributed by atoms with van der Waals surface area (Å²) < 4.78 is 10.1. The summed E-state index contributed by atoms with van der Waals surface area (Å²) in [4.78, 5) is 47.6. The van der Waals surface area contributed by atoms with E-state index in [2.05, 4.69) is 17.6 Å². The van der Waals surface area contributed by atoms with Crippen LogP contribution >= 0.6 is 11.6 Å². The monoisotopic (exact) mass is 474 g/mol. The highest BCUT2D eigenvalue weighted by Crippen LogP contribution is 2.15. The average Bonchev–Trinajstić information content (AvgIpc) is 2.79. The zero-order valence-electron chi connectivity index (χ0n) is 18.4. The van der Waals surface area contributed by atoms with Crippen molar-refractivity contribution in [2.45, 2.75) is 39.0 Å². The van der Waals surface area contributed by atoms with Gasteiger partial charge in [0.1, 0.15) is 0 Å². The van der Waals surface area contributed by atoms with Gasteiger partial charge in [0, 0.05) is 22.8 Å². The van der Waals surface area contributed by atoms with E-state index in [1.807, 2.05) is 0 Å². The van der Waals surface area contributed by atoms with E-state index >= 15 is 0 Å². The highest BCUT2D eigenvalue weighted by Gasteiger charge is 2.12. The summed E-state index contributed by atoms with van der Waals surface area (Å²) in [7, 11) is 0. The Kier molecular flexibility index (Phi) is 10.9. The number of halogens is 1. The van der Waals surface area contributed by atoms with Crippen molar-refractivity contribution in [3.8, 4) is 0 Å². The SMILES string of the molecule is CCCCCOC(=O)c1ccc(NC(=O)CCC(=O)OCC(=O)Nc2cccc(Cl)c2)cc1. The molecule has 0 spiro atoms. The maximum absolute atomic E-state index is 12.0. The zero-order valence-corrected chi connectivity index (χ0v) is 19.2. The van der Waals surface area contributed by atoms with Gasteiger partial charge in [0.25, 0.3) is 5.91 Å². The molecule has 0 bridgehead atoms. The van der Waals surface area contributed by atoms with Crippen molar-refractivity contribution in [1.29, 1.82) is 0 Å². The van der Waals surface area contributed by atoms with Crippen LogP contribution in [0.3, 0.4) is 0 Å². The molecule has 0 heterocycles. The van der Waals surface area contributed by atoms with Crippen LogP contribution in [0.1, 0.15) is 49.4 Å². The molecule has 0 aliphatic heterocycles. The summed E-state index contributed by atoms with van der Waals surface area (Å²) in [5, 5.41) is 5.65. The second-order valence-corrected chi connectivity index (χ2v) is 7.62. The Hall–Kier alpha value is -3.39. The van der Waals surface area contributed by atoms with Gasteiger partial charge in [-0.05, 0) is 48.9 Å². The van der Waals surface area contributed by atoms with Crippen molar-refractivity contribution < 1.29 is 28.7 Å². The van der Waals surface area contributed by atoms with E-state index in [0.29, 0.717) is 28.6 Å². The summed E-state index contributed by atoms with van der Waals surface area (Å²) in [5.41, 5.74) is 1.36. The average molecular weight is 475 g/mol. The minimum atomic E-state index is -0.674. The largest absolute Gasteiger partial charge is 0.462 e. The Bertz CT molecular complexity index is 962. The second-order valence-electron chi connectivity index (χ2n) is 7.19. The molecule has 0 atom stereocenters. The number of ether oxygens (including phenoxy) is 2. The standard InChI is InChI=1S/C24H27ClN2O6/c1-2-3-4-14-32-24(31)17-8-10-19(11-9-17)26-21(28)12-13-23(30)33-16-22(29)27-20-7-5-6-18(25)15-20/h5-11,15H,2-4,12-14,16H2,1H3,(H,26,28)(H,27,29). The molecule has 2 aromatic carbocycles. The van der Waals surface area contributed by atoms with Crippen LogP contribution in [0.25, 0.3) is 0 Å². The summed E-state index contributed by atoms with van der Waals surface area (Å²) in [6.07, 6.45) is 2.57. The molecule has 2 rings (SSSR count). The Morgan fingerprint density at radius 2 is 1.58 bits per heavy atom. The summed E-state index contributed by atoms with van der Waals surface area (Å²) in [6.45, 7) is 1.98. The van der Waals surface area contributed by atoms with Crippen LogP contribution in [0.15, 0.2) is 48.5 Å². The zero-order chi connectivity index (χ0) is 24.1. The molecule has 33 heavy (non-hydrogen) atoms. The number of hydrogen-bond acceptors (Lipinski definition) is 6. The fourth-order valence-corrected chi connectivity index (χ4v) is 2.90. The third kappa shape index (κ3) is 10.2. The van der Waals surface area contributed by atoms with Gasteiger partial charge in [-0.1, -0.05) is 37.4 Å². The summed E-state index contributed by atoms with van der Waals surface area (Å²) in [5.74, 6) is -2.00. The maximum Gasteiger partial charge on any atom is 0.338 e. The van der Waals surface area contributed by atoms with Gasteiger partial charge in [0.2, 0.25) is 5.91 Å². The van der Waals surface area contributed by atoms with Gasteiger partial charge in [0.15, 0.2) is 6.61 Å². The molecule has 0 aliphatic rings. The Labute approximate surface area is 197 Å². The molecule has 8 nitrogen and oxygen atoms in total. The Balaban J connectivity index is 1.67. The number of unbranched alkanes of at least 4 members (excludes halogenated alkanes) is 2. The van der Waals surface area contributed by atoms with Crippen LogP contribution < -0.4 is 10.6 Å². The first-order chi connectivity index (χ1) is 15.9. The lowest BCUT2D eigenvalue weighted by Gasteiger charge is -2.08. The molecule has 2 aromatic rings. The van der Waals surface area contributed by atoms with E-state index in [0.717, 1.165) is 19.3 Å². The van der Waals surface area contributed by atoms with Gasteiger partial charge in [-0.15, -0.1) is 0 Å². The van der Waals surface area contributed by atoms with Crippen LogP contribution in [0.4, 0.5) is 11.4 Å². The molecule has 0 aliphatic carbocycles. The molecule has 176 valence electrons. The number of rotatable bonds is 12. The number of hydrogen-bond donors (Lipinski definition) is 2. The third-order valence-electron chi connectivity index (χ3n) is 4.41. The fraction of sp³-hybridized carbons (Fsp3) is 0.333. The number of carbonyl (C=O) groups excluding carboxylic acids is 4. The molecule has 2 N–H and O–H groups in total. The molecular formula is C24H27ClN2O6. The number of anilines is 2. The number of nitrogens with one attached hydrogen (secondary N) is 2. The molecule has 0 fully saturated rings. The van der Waals surface area contributed by atoms with Crippen LogP contribution in [0.2, 0.25) is 5.02 Å². The molecule has 0 unspecified atom stereocenters. The molecule has 9 heteroatoms. The smallest absolute Gasteiger partial charge is 0.338 e. The normalized spacial score (nSPS) is 10.2. The van der Waals surface area contributed by atoms with Gasteiger partial charge in [-0.2, -0.15) is 0 Å². The van der Waals surface area contributed by atoms with Crippen molar-refractivity contribution in [3.05, 3.63) is 59.1 Å². The molecular weight excluding hydrogens is 448 g/mol. The van der Waals surface area contributed by atoms with Crippen molar-refractivity contribution in [3.63, 3.8) is 0 Å². The molecule has 0 saturated heterocycles. The van der Waals surface area contributed by atoms with Crippen molar-refractivity contribution >= 4 is 46.7 Å². The van der Waals surface area contributed by atoms with Gasteiger partial charge < -0.3 is 20.1 Å². The highest BCUT2D eigenvalue weighted by molar-refractivity contribution is 6.30. The lowest BCUT2D eigenvalue weighted by Crippen LogP contribution is -2.21. The number of benzene rings is 2. The topological polar surface area (TPSA) is 111 Å². The van der Waals surface area contributed by atoms with Gasteiger partial charge in [-0.25, -0.2) is 4.79 Å². The Morgan fingerprint density at radius 1 is 0.848 bits per heavy atom. The quantitative estimate of drug-likeness (QED) is 0.344. The van der Waals surface area contributed by atoms with Gasteiger partial charge in [-0.3, -0.25) is 14.4 Å². The third-order valence-corrected chi connectivity index (χ3v) is 4.65. The molecule has 2 amide bonds. The van der Waals surface area contributed by atoms with Crippen molar-refractivity contribution in [1.82, 2.24) is 0 Å². The fourth-order valence-electron chi connectivity index (χ4n) is 2.71. The van der Waals surface area contributed by atoms with Crippen LogP contribution in [0, 0.1) is 0 Å². The lowest BCUT2D eigenvalue weighted by molar-refractivity contribution is -0.147. The van der Waals surface area contributed by atoms with Crippen molar-refractivity contribution in [2.75, 3.05) is 23.8 Å². The number of esters is 2. The van der Waals surface area contributed by atoms with Crippen molar-refractivity contribution in [2.24, 2.45) is 0 Å².